The van der Waals surface area contributed by atoms with Crippen LogP contribution in [0.4, 0.5) is 0 Å². The lowest BCUT2D eigenvalue weighted by atomic mass is 9.86. The zero-order valence-electron chi connectivity index (χ0n) is 24.6. The van der Waals surface area contributed by atoms with E-state index in [1.54, 1.807) is 33.1 Å². The van der Waals surface area contributed by atoms with Gasteiger partial charge >= 0.3 is 0 Å². The molecule has 1 heterocycles. The van der Waals surface area contributed by atoms with Gasteiger partial charge in [0, 0.05) is 18.3 Å². The summed E-state index contributed by atoms with van der Waals surface area (Å²) in [6.07, 6.45) is 2.37. The maximum Gasteiger partial charge on any atom is 0.224 e. The third kappa shape index (κ3) is 8.49. The van der Waals surface area contributed by atoms with Gasteiger partial charge in [-0.2, -0.15) is 0 Å². The average molecular weight is 579 g/mol. The number of hydrogen-bond acceptors (Lipinski definition) is 7. The number of benzene rings is 2. The molecule has 0 spiro atoms. The number of ether oxygens (including phenoxy) is 2. The Bertz CT molecular complexity index is 1230. The Kier molecular flexibility index (Phi) is 10.5. The van der Waals surface area contributed by atoms with Gasteiger partial charge in [0.2, 0.25) is 11.8 Å². The summed E-state index contributed by atoms with van der Waals surface area (Å²) in [4.78, 5) is 53.3. The van der Waals surface area contributed by atoms with E-state index in [9.17, 15) is 24.3 Å². The molecule has 42 heavy (non-hydrogen) atoms. The summed E-state index contributed by atoms with van der Waals surface area (Å²) >= 11 is 0. The first kappa shape index (κ1) is 31.4. The summed E-state index contributed by atoms with van der Waals surface area (Å²) in [6.45, 7) is 3.65. The number of rotatable bonds is 14. The van der Waals surface area contributed by atoms with Gasteiger partial charge in [-0.15, -0.1) is 0 Å². The highest BCUT2D eigenvalue weighted by molar-refractivity contribution is 5.98. The maximum atomic E-state index is 13.8. The van der Waals surface area contributed by atoms with Crippen LogP contribution in [0, 0.1) is 11.8 Å². The van der Waals surface area contributed by atoms with Crippen LogP contribution in [0.1, 0.15) is 57.1 Å². The molecule has 4 atom stereocenters. The highest BCUT2D eigenvalue weighted by Gasteiger charge is 2.50. The van der Waals surface area contributed by atoms with Gasteiger partial charge in [0.15, 0.2) is 11.6 Å². The molecule has 2 fully saturated rings. The van der Waals surface area contributed by atoms with Crippen LogP contribution in [0.2, 0.25) is 0 Å². The molecule has 3 N–H and O–H groups in total. The first-order valence-electron chi connectivity index (χ1n) is 14.7. The van der Waals surface area contributed by atoms with Crippen molar-refractivity contribution < 1.29 is 33.8 Å². The summed E-state index contributed by atoms with van der Waals surface area (Å²) in [7, 11) is 1.57. The Labute approximate surface area is 247 Å². The molecule has 1 saturated carbocycles. The summed E-state index contributed by atoms with van der Waals surface area (Å²) in [5.41, 5.74) is 0.807. The molecule has 9 nitrogen and oxygen atoms in total. The topological polar surface area (TPSA) is 134 Å². The van der Waals surface area contributed by atoms with Gasteiger partial charge in [0.05, 0.1) is 31.9 Å². The van der Waals surface area contributed by atoms with E-state index in [2.05, 4.69) is 10.6 Å². The molecule has 0 aromatic heterocycles. The molecule has 1 saturated heterocycles. The Morgan fingerprint density at radius 3 is 2.17 bits per heavy atom. The third-order valence-electron chi connectivity index (χ3n) is 8.38. The zero-order valence-corrected chi connectivity index (χ0v) is 24.6. The smallest absolute Gasteiger partial charge is 0.224 e. The van der Waals surface area contributed by atoms with Crippen LogP contribution in [-0.4, -0.2) is 66.0 Å². The van der Waals surface area contributed by atoms with E-state index in [0.717, 1.165) is 11.1 Å². The van der Waals surface area contributed by atoms with Gasteiger partial charge < -0.3 is 25.2 Å². The number of carbonyl (C=O) groups is 4. The lowest BCUT2D eigenvalue weighted by Gasteiger charge is -2.26. The summed E-state index contributed by atoms with van der Waals surface area (Å²) < 4.78 is 10.7. The molecule has 9 heteroatoms. The number of ketones is 2. The lowest BCUT2D eigenvalue weighted by Crippen LogP contribution is -2.50. The van der Waals surface area contributed by atoms with Crippen LogP contribution >= 0.6 is 0 Å². The van der Waals surface area contributed by atoms with Crippen molar-refractivity contribution in [3.63, 3.8) is 0 Å². The molecule has 1 aliphatic heterocycles. The predicted octanol–water partition coefficient (Wildman–Crippen LogP) is 2.95. The van der Waals surface area contributed by atoms with Gasteiger partial charge in [0.25, 0.3) is 0 Å². The summed E-state index contributed by atoms with van der Waals surface area (Å²) in [5.74, 6) is -1.41. The van der Waals surface area contributed by atoms with Crippen molar-refractivity contribution in [2.45, 2.75) is 82.6 Å². The van der Waals surface area contributed by atoms with Crippen LogP contribution in [0.25, 0.3) is 0 Å². The van der Waals surface area contributed by atoms with Crippen molar-refractivity contribution in [3.05, 3.63) is 65.7 Å². The maximum absolute atomic E-state index is 13.8. The SMILES string of the molecule is COc1ccc(C[C@H](CC(=O)[C@@H](C)NC(=O)C2CCC(O)CC2)C(=O)N[C@@H](Cc2ccccc2)C(=O)[C@@]2(C)CO2)cc1. The number of carbonyl (C=O) groups excluding carboxylic acids is 4. The molecular weight excluding hydrogens is 536 g/mol. The fourth-order valence-electron chi connectivity index (χ4n) is 5.44. The Morgan fingerprint density at radius 1 is 0.952 bits per heavy atom. The number of aliphatic hydroxyl groups is 1. The van der Waals surface area contributed by atoms with Crippen molar-refractivity contribution in [3.8, 4) is 5.75 Å². The molecular formula is C33H42N2O7. The standard InChI is InChI=1S/C33H42N2O7/c1-21(34-31(39)24-11-13-26(36)14-12-24)29(37)19-25(17-23-9-15-27(41-3)16-10-23)32(40)35-28(30(38)33(2)20-42-33)18-22-7-5-4-6-8-22/h4-10,15-16,21,24-26,28,36H,11-14,17-20H2,1-3H3,(H,34,39)(H,35,40)/t21-,24?,25-,26?,28+,33-/m1/s1. The van der Waals surface area contributed by atoms with Gasteiger partial charge in [-0.05, 0) is 75.6 Å². The molecule has 0 bridgehead atoms. The van der Waals surface area contributed by atoms with Crippen LogP contribution in [-0.2, 0) is 36.8 Å². The number of hydrogen-bond donors (Lipinski definition) is 3. The Hall–Kier alpha value is -3.56. The minimum absolute atomic E-state index is 0.108. The minimum Gasteiger partial charge on any atom is -0.497 e. The van der Waals surface area contributed by atoms with E-state index in [-0.39, 0.29) is 42.3 Å². The monoisotopic (exact) mass is 578 g/mol. The predicted molar refractivity (Wildman–Crippen MR) is 157 cm³/mol. The van der Waals surface area contributed by atoms with E-state index < -0.39 is 29.5 Å². The molecule has 1 aliphatic carbocycles. The van der Waals surface area contributed by atoms with Gasteiger partial charge in [-0.1, -0.05) is 42.5 Å². The minimum atomic E-state index is -0.929. The largest absolute Gasteiger partial charge is 0.497 e. The Morgan fingerprint density at radius 2 is 1.57 bits per heavy atom. The van der Waals surface area contributed by atoms with Gasteiger partial charge in [0.1, 0.15) is 11.4 Å². The lowest BCUT2D eigenvalue weighted by molar-refractivity contribution is -0.135. The summed E-state index contributed by atoms with van der Waals surface area (Å²) in [6, 6.07) is 15.1. The van der Waals surface area contributed by atoms with E-state index in [1.807, 2.05) is 42.5 Å². The molecule has 4 rings (SSSR count). The molecule has 2 amide bonds. The van der Waals surface area contributed by atoms with Gasteiger partial charge in [-0.25, -0.2) is 0 Å². The van der Waals surface area contributed by atoms with Crippen molar-refractivity contribution in [1.29, 1.82) is 0 Å². The van der Waals surface area contributed by atoms with E-state index >= 15 is 0 Å². The van der Waals surface area contributed by atoms with Crippen molar-refractivity contribution >= 4 is 23.4 Å². The molecule has 226 valence electrons. The summed E-state index contributed by atoms with van der Waals surface area (Å²) in [5, 5.41) is 15.5. The second kappa shape index (κ2) is 14.1. The van der Waals surface area contributed by atoms with Crippen molar-refractivity contribution in [1.82, 2.24) is 10.6 Å². The number of epoxide rings is 1. The second-order valence-corrected chi connectivity index (χ2v) is 11.8. The van der Waals surface area contributed by atoms with Crippen LogP contribution in [0.3, 0.4) is 0 Å². The normalized spacial score (nSPS) is 23.6. The van der Waals surface area contributed by atoms with Crippen LogP contribution in [0.15, 0.2) is 54.6 Å². The quantitative estimate of drug-likeness (QED) is 0.294. The molecule has 2 aromatic carbocycles. The van der Waals surface area contributed by atoms with E-state index in [1.165, 1.54) is 0 Å². The van der Waals surface area contributed by atoms with Crippen molar-refractivity contribution in [2.24, 2.45) is 11.8 Å². The van der Waals surface area contributed by atoms with Crippen LogP contribution < -0.4 is 15.4 Å². The molecule has 0 radical (unpaired) electrons. The number of amides is 2. The van der Waals surface area contributed by atoms with E-state index in [4.69, 9.17) is 9.47 Å². The molecule has 2 aliphatic rings. The van der Waals surface area contributed by atoms with Crippen molar-refractivity contribution in [2.75, 3.05) is 13.7 Å². The Balaban J connectivity index is 1.48. The van der Waals surface area contributed by atoms with Gasteiger partial charge in [-0.3, -0.25) is 19.2 Å². The third-order valence-corrected chi connectivity index (χ3v) is 8.38. The molecule has 2 aromatic rings. The fourth-order valence-corrected chi connectivity index (χ4v) is 5.44. The van der Waals surface area contributed by atoms with E-state index in [0.29, 0.717) is 44.5 Å². The number of methoxy groups -OCH3 is 1. The van der Waals surface area contributed by atoms with Crippen LogP contribution in [0.5, 0.6) is 5.75 Å². The fraction of sp³-hybridized carbons (Fsp3) is 0.515. The first-order chi connectivity index (χ1) is 20.1. The number of nitrogens with one attached hydrogen (secondary N) is 2. The zero-order chi connectivity index (χ0) is 30.3. The average Bonchev–Trinajstić information content (AvgIpc) is 3.75. The highest BCUT2D eigenvalue weighted by atomic mass is 16.6. The second-order valence-electron chi connectivity index (χ2n) is 11.8. The highest BCUT2D eigenvalue weighted by Crippen LogP contribution is 2.29. The number of aliphatic hydroxyl groups excluding tert-OH is 1. The molecule has 0 unspecified atom stereocenters. The number of Topliss-reactive ketones (excluding diaryl/α,β-unsaturated/α-hetero) is 2. The first-order valence-corrected chi connectivity index (χ1v) is 14.7.